The van der Waals surface area contributed by atoms with E-state index in [1.54, 1.807) is 7.05 Å². The number of hydrogen-bond donors (Lipinski definition) is 2. The maximum absolute atomic E-state index is 11.7. The van der Waals surface area contributed by atoms with Crippen molar-refractivity contribution in [1.82, 2.24) is 25.3 Å². The van der Waals surface area contributed by atoms with Gasteiger partial charge in [0.1, 0.15) is 0 Å². The molecule has 1 aliphatic rings. The molecule has 0 bridgehead atoms. The number of nitrogens with one attached hydrogen (secondary N) is 2. The van der Waals surface area contributed by atoms with Gasteiger partial charge in [0.2, 0.25) is 5.91 Å². The van der Waals surface area contributed by atoms with Gasteiger partial charge in [-0.05, 0) is 25.3 Å². The summed E-state index contributed by atoms with van der Waals surface area (Å²) in [6.07, 6.45) is 6.45. The fourth-order valence-corrected chi connectivity index (χ4v) is 2.75. The summed E-state index contributed by atoms with van der Waals surface area (Å²) in [5.41, 5.74) is 1.18. The van der Waals surface area contributed by atoms with Crippen molar-refractivity contribution in [1.29, 1.82) is 0 Å². The third kappa shape index (κ3) is 6.29. The van der Waals surface area contributed by atoms with Gasteiger partial charge >= 0.3 is 0 Å². The predicted octanol–water partition coefficient (Wildman–Crippen LogP) is 1.38. The molecule has 2 rings (SSSR count). The average Bonchev–Trinajstić information content (AvgIpc) is 3.18. The zero-order valence-electron chi connectivity index (χ0n) is 14.8. The van der Waals surface area contributed by atoms with Crippen LogP contribution >= 0.6 is 24.0 Å². The summed E-state index contributed by atoms with van der Waals surface area (Å²) < 4.78 is 1.96. The summed E-state index contributed by atoms with van der Waals surface area (Å²) in [4.78, 5) is 17.9. The number of carbonyl (C=O) groups excluding carboxylic acids is 1. The molecule has 1 amide bonds. The van der Waals surface area contributed by atoms with Crippen LogP contribution in [0.5, 0.6) is 0 Å². The second-order valence-electron chi connectivity index (χ2n) is 5.96. The number of nitrogens with zero attached hydrogens (tertiary/aromatic N) is 4. The maximum atomic E-state index is 11.7. The van der Waals surface area contributed by atoms with Crippen LogP contribution in [0, 0.1) is 6.92 Å². The normalized spacial score (nSPS) is 17.5. The number of likely N-dealkylation sites (tertiary alicyclic amines) is 1. The van der Waals surface area contributed by atoms with Crippen molar-refractivity contribution < 1.29 is 4.79 Å². The number of rotatable bonds is 6. The summed E-state index contributed by atoms with van der Waals surface area (Å²) in [6, 6.07) is 0.283. The van der Waals surface area contributed by atoms with Crippen LogP contribution in [0.2, 0.25) is 0 Å². The first-order valence-corrected chi connectivity index (χ1v) is 8.36. The van der Waals surface area contributed by atoms with Gasteiger partial charge in [-0.15, -0.1) is 24.0 Å². The molecule has 1 atom stereocenters. The smallest absolute Gasteiger partial charge is 0.222 e. The van der Waals surface area contributed by atoms with E-state index in [2.05, 4.69) is 20.7 Å². The van der Waals surface area contributed by atoms with Crippen LogP contribution in [0.1, 0.15) is 31.7 Å². The number of aryl methyl sites for hydroxylation is 2. The average molecular weight is 448 g/mol. The topological polar surface area (TPSA) is 74.6 Å². The lowest BCUT2D eigenvalue weighted by Crippen LogP contribution is -2.45. The van der Waals surface area contributed by atoms with Crippen LogP contribution < -0.4 is 10.6 Å². The largest absolute Gasteiger partial charge is 0.356 e. The number of aromatic nitrogens is 2. The van der Waals surface area contributed by atoms with Crippen LogP contribution in [0.25, 0.3) is 0 Å². The summed E-state index contributed by atoms with van der Waals surface area (Å²) >= 11 is 0. The van der Waals surface area contributed by atoms with Crippen molar-refractivity contribution in [3.05, 3.63) is 18.0 Å². The minimum Gasteiger partial charge on any atom is -0.356 e. The molecule has 2 heterocycles. The van der Waals surface area contributed by atoms with E-state index in [4.69, 9.17) is 0 Å². The molecule has 0 aromatic carbocycles. The highest BCUT2D eigenvalue weighted by molar-refractivity contribution is 14.0. The fourth-order valence-electron chi connectivity index (χ4n) is 2.75. The number of halogens is 1. The first kappa shape index (κ1) is 20.7. The van der Waals surface area contributed by atoms with Crippen LogP contribution in [0.3, 0.4) is 0 Å². The Labute approximate surface area is 161 Å². The molecule has 2 N–H and O–H groups in total. The molecule has 0 radical (unpaired) electrons. The van der Waals surface area contributed by atoms with E-state index in [9.17, 15) is 4.79 Å². The summed E-state index contributed by atoms with van der Waals surface area (Å²) in [6.45, 7) is 7.27. The van der Waals surface area contributed by atoms with Crippen molar-refractivity contribution >= 4 is 35.8 Å². The number of aliphatic imine (C=N–C) groups is 1. The van der Waals surface area contributed by atoms with Gasteiger partial charge in [-0.3, -0.25) is 14.5 Å². The summed E-state index contributed by atoms with van der Waals surface area (Å²) in [5.74, 6) is 1.03. The van der Waals surface area contributed by atoms with Crippen LogP contribution in [0.4, 0.5) is 0 Å². The van der Waals surface area contributed by atoms with Gasteiger partial charge in [-0.25, -0.2) is 0 Å². The molecule has 0 saturated carbocycles. The summed E-state index contributed by atoms with van der Waals surface area (Å²) in [7, 11) is 1.77. The van der Waals surface area contributed by atoms with Crippen molar-refractivity contribution in [3.63, 3.8) is 0 Å². The first-order valence-electron chi connectivity index (χ1n) is 8.36. The van der Waals surface area contributed by atoms with Crippen molar-refractivity contribution in [2.24, 2.45) is 4.99 Å². The van der Waals surface area contributed by atoms with Gasteiger partial charge in [0.15, 0.2) is 5.96 Å². The molecular weight excluding hydrogens is 419 g/mol. The molecule has 1 aliphatic heterocycles. The van der Waals surface area contributed by atoms with Gasteiger partial charge in [0.05, 0.1) is 6.20 Å². The second kappa shape index (κ2) is 10.5. The lowest BCUT2D eigenvalue weighted by atomic mass is 10.3. The van der Waals surface area contributed by atoms with E-state index in [0.717, 1.165) is 45.0 Å². The molecule has 24 heavy (non-hydrogen) atoms. The Morgan fingerprint density at radius 3 is 2.92 bits per heavy atom. The monoisotopic (exact) mass is 448 g/mol. The number of carbonyl (C=O) groups is 1. The lowest BCUT2D eigenvalue weighted by molar-refractivity contribution is -0.129. The molecule has 8 heteroatoms. The minimum atomic E-state index is 0. The van der Waals surface area contributed by atoms with Gasteiger partial charge < -0.3 is 15.5 Å². The Morgan fingerprint density at radius 2 is 2.29 bits per heavy atom. The van der Waals surface area contributed by atoms with Crippen LogP contribution in [-0.4, -0.2) is 59.3 Å². The molecule has 0 aliphatic carbocycles. The predicted molar refractivity (Wildman–Crippen MR) is 107 cm³/mol. The maximum Gasteiger partial charge on any atom is 0.222 e. The van der Waals surface area contributed by atoms with E-state index in [-0.39, 0.29) is 35.9 Å². The van der Waals surface area contributed by atoms with E-state index in [0.29, 0.717) is 6.42 Å². The highest BCUT2D eigenvalue weighted by Crippen LogP contribution is 2.10. The zero-order chi connectivity index (χ0) is 16.7. The highest BCUT2D eigenvalue weighted by atomic mass is 127. The SMILES string of the molecule is CCC(=O)N1CCC(NC(=NC)NCCCn2cc(C)cn2)C1.I. The minimum absolute atomic E-state index is 0. The van der Waals surface area contributed by atoms with E-state index < -0.39 is 0 Å². The molecule has 1 aromatic rings. The number of guanidine groups is 1. The van der Waals surface area contributed by atoms with Gasteiger partial charge in [-0.1, -0.05) is 6.92 Å². The van der Waals surface area contributed by atoms with Gasteiger partial charge in [0, 0.05) is 51.9 Å². The van der Waals surface area contributed by atoms with Crippen LogP contribution in [0.15, 0.2) is 17.4 Å². The van der Waals surface area contributed by atoms with Gasteiger partial charge in [-0.2, -0.15) is 5.10 Å². The second-order valence-corrected chi connectivity index (χ2v) is 5.96. The summed E-state index contributed by atoms with van der Waals surface area (Å²) in [5, 5.41) is 11.0. The fraction of sp³-hybridized carbons (Fsp3) is 0.688. The van der Waals surface area contributed by atoms with Crippen LogP contribution in [-0.2, 0) is 11.3 Å². The molecule has 1 saturated heterocycles. The molecule has 136 valence electrons. The molecule has 7 nitrogen and oxygen atoms in total. The zero-order valence-corrected chi connectivity index (χ0v) is 17.1. The lowest BCUT2D eigenvalue weighted by Gasteiger charge is -2.18. The molecular formula is C16H29IN6O. The molecule has 1 unspecified atom stereocenters. The van der Waals surface area contributed by atoms with E-state index in [1.807, 2.05) is 35.8 Å². The Kier molecular flexibility index (Phi) is 9.09. The molecule has 1 fully saturated rings. The Hall–Kier alpha value is -1.32. The first-order chi connectivity index (χ1) is 11.1. The number of hydrogen-bond acceptors (Lipinski definition) is 3. The van der Waals surface area contributed by atoms with E-state index >= 15 is 0 Å². The molecule has 1 aromatic heterocycles. The Morgan fingerprint density at radius 1 is 1.50 bits per heavy atom. The third-order valence-electron chi connectivity index (χ3n) is 4.03. The standard InChI is InChI=1S/C16H28N6O.HI/c1-4-15(23)21-9-6-14(12-21)20-16(17-3)18-7-5-8-22-11-13(2)10-19-22;/h10-11,14H,4-9,12H2,1-3H3,(H2,17,18,20);1H. The Balaban J connectivity index is 0.00000288. The quantitative estimate of drug-likeness (QED) is 0.299. The van der Waals surface area contributed by atoms with Gasteiger partial charge in [0.25, 0.3) is 0 Å². The molecule has 0 spiro atoms. The van der Waals surface area contributed by atoms with Crippen molar-refractivity contribution in [2.45, 2.75) is 45.7 Å². The van der Waals surface area contributed by atoms with E-state index in [1.165, 1.54) is 5.56 Å². The number of amides is 1. The Bertz CT molecular complexity index is 544. The third-order valence-corrected chi connectivity index (χ3v) is 4.03. The van der Waals surface area contributed by atoms with Crippen molar-refractivity contribution in [3.8, 4) is 0 Å². The van der Waals surface area contributed by atoms with Crippen molar-refractivity contribution in [2.75, 3.05) is 26.7 Å². The highest BCUT2D eigenvalue weighted by Gasteiger charge is 2.25.